The lowest BCUT2D eigenvalue weighted by atomic mass is 9.82. The molecule has 0 radical (unpaired) electrons. The fraction of sp³-hybridized carbons (Fsp3) is 1.00. The molecule has 4 nitrogen and oxygen atoms in total. The molecule has 0 aromatic heterocycles. The molecule has 1 aliphatic carbocycles. The molecule has 2 atom stereocenters. The Kier molecular flexibility index (Phi) is 3.63. The molecule has 2 aliphatic heterocycles. The van der Waals surface area contributed by atoms with Crippen LogP contribution in [0.5, 0.6) is 0 Å². The van der Waals surface area contributed by atoms with Crippen LogP contribution in [0.4, 0.5) is 0 Å². The molecule has 104 valence electrons. The fourth-order valence-electron chi connectivity index (χ4n) is 3.62. The summed E-state index contributed by atoms with van der Waals surface area (Å²) in [7, 11) is 0. The van der Waals surface area contributed by atoms with Crippen molar-refractivity contribution in [3.8, 4) is 0 Å². The van der Waals surface area contributed by atoms with Crippen LogP contribution in [-0.4, -0.2) is 67.3 Å². The summed E-state index contributed by atoms with van der Waals surface area (Å²) < 4.78 is 5.57. The van der Waals surface area contributed by atoms with E-state index in [2.05, 4.69) is 16.7 Å². The Morgan fingerprint density at radius 2 is 1.89 bits per heavy atom. The zero-order valence-corrected chi connectivity index (χ0v) is 11.6. The molecule has 0 aromatic rings. The largest absolute Gasteiger partial charge is 0.381 e. The Labute approximate surface area is 110 Å². The molecule has 3 fully saturated rings. The summed E-state index contributed by atoms with van der Waals surface area (Å²) in [5.74, 6) is 0.620. The Morgan fingerprint density at radius 1 is 1.17 bits per heavy atom. The first-order chi connectivity index (χ1) is 8.74. The van der Waals surface area contributed by atoms with Crippen molar-refractivity contribution < 1.29 is 4.74 Å². The van der Waals surface area contributed by atoms with Crippen LogP contribution >= 0.6 is 0 Å². The number of piperazine rings is 1. The lowest BCUT2D eigenvalue weighted by Gasteiger charge is -2.48. The van der Waals surface area contributed by atoms with Crippen LogP contribution in [0.2, 0.25) is 0 Å². The van der Waals surface area contributed by atoms with Gasteiger partial charge in [-0.1, -0.05) is 0 Å². The molecule has 2 heterocycles. The molecular formula is C14H27N3O. The van der Waals surface area contributed by atoms with Crippen molar-refractivity contribution in [2.24, 2.45) is 11.7 Å². The summed E-state index contributed by atoms with van der Waals surface area (Å²) in [6, 6.07) is 0.908. The average molecular weight is 253 g/mol. The van der Waals surface area contributed by atoms with Crippen molar-refractivity contribution in [1.29, 1.82) is 0 Å². The van der Waals surface area contributed by atoms with Gasteiger partial charge < -0.3 is 10.5 Å². The minimum Gasteiger partial charge on any atom is -0.381 e. The van der Waals surface area contributed by atoms with Gasteiger partial charge in [0.1, 0.15) is 0 Å². The van der Waals surface area contributed by atoms with Gasteiger partial charge in [0.25, 0.3) is 0 Å². The maximum absolute atomic E-state index is 6.11. The van der Waals surface area contributed by atoms with Gasteiger partial charge in [-0.3, -0.25) is 9.80 Å². The maximum atomic E-state index is 6.11. The number of hydrogen-bond acceptors (Lipinski definition) is 4. The van der Waals surface area contributed by atoms with Crippen LogP contribution in [0.25, 0.3) is 0 Å². The first-order valence-electron chi connectivity index (χ1n) is 7.51. The first kappa shape index (κ1) is 12.9. The maximum Gasteiger partial charge on any atom is 0.0513 e. The standard InChI is InChI=1S/C14H27N3O/c1-14(11-15,12-4-9-18-10-12)17-7-5-16(6-8-17)13-2-3-13/h12-13H,2-11,15H2,1H3. The van der Waals surface area contributed by atoms with Crippen molar-refractivity contribution in [3.63, 3.8) is 0 Å². The summed E-state index contributed by atoms with van der Waals surface area (Å²) in [4.78, 5) is 5.30. The van der Waals surface area contributed by atoms with Gasteiger partial charge in [-0.25, -0.2) is 0 Å². The van der Waals surface area contributed by atoms with Crippen LogP contribution in [0.15, 0.2) is 0 Å². The predicted molar refractivity (Wildman–Crippen MR) is 72.6 cm³/mol. The number of ether oxygens (including phenoxy) is 1. The topological polar surface area (TPSA) is 41.7 Å². The van der Waals surface area contributed by atoms with E-state index in [9.17, 15) is 0 Å². The minimum absolute atomic E-state index is 0.145. The molecule has 2 saturated heterocycles. The Balaban J connectivity index is 1.61. The van der Waals surface area contributed by atoms with E-state index in [0.29, 0.717) is 5.92 Å². The van der Waals surface area contributed by atoms with E-state index in [1.807, 2.05) is 0 Å². The van der Waals surface area contributed by atoms with Gasteiger partial charge in [-0.05, 0) is 26.2 Å². The van der Waals surface area contributed by atoms with Crippen molar-refractivity contribution >= 4 is 0 Å². The molecule has 2 unspecified atom stereocenters. The predicted octanol–water partition coefficient (Wildman–Crippen LogP) is 0.520. The molecule has 2 N–H and O–H groups in total. The number of nitrogens with zero attached hydrogens (tertiary/aromatic N) is 2. The highest BCUT2D eigenvalue weighted by Gasteiger charge is 2.42. The van der Waals surface area contributed by atoms with Gasteiger partial charge in [-0.15, -0.1) is 0 Å². The summed E-state index contributed by atoms with van der Waals surface area (Å²) in [5.41, 5.74) is 6.26. The first-order valence-corrected chi connectivity index (χ1v) is 7.51. The van der Waals surface area contributed by atoms with E-state index in [-0.39, 0.29) is 5.54 Å². The van der Waals surface area contributed by atoms with Crippen molar-refractivity contribution in [3.05, 3.63) is 0 Å². The zero-order chi connectivity index (χ0) is 12.6. The van der Waals surface area contributed by atoms with Gasteiger partial charge in [0.05, 0.1) is 6.61 Å². The molecule has 0 amide bonds. The van der Waals surface area contributed by atoms with Crippen molar-refractivity contribution in [2.75, 3.05) is 45.9 Å². The summed E-state index contributed by atoms with van der Waals surface area (Å²) in [5, 5.41) is 0. The quantitative estimate of drug-likeness (QED) is 0.793. The van der Waals surface area contributed by atoms with E-state index >= 15 is 0 Å². The van der Waals surface area contributed by atoms with Gasteiger partial charge in [-0.2, -0.15) is 0 Å². The second kappa shape index (κ2) is 5.08. The monoisotopic (exact) mass is 253 g/mol. The smallest absolute Gasteiger partial charge is 0.0513 e. The molecule has 1 saturated carbocycles. The van der Waals surface area contributed by atoms with Gasteiger partial charge in [0, 0.05) is 56.8 Å². The molecule has 0 spiro atoms. The average Bonchev–Trinajstić information content (AvgIpc) is 3.12. The highest BCUT2D eigenvalue weighted by atomic mass is 16.5. The molecule has 3 aliphatic rings. The number of hydrogen-bond donors (Lipinski definition) is 1. The zero-order valence-electron chi connectivity index (χ0n) is 11.6. The Bertz CT molecular complexity index is 281. The van der Waals surface area contributed by atoms with Gasteiger partial charge in [0.2, 0.25) is 0 Å². The third-order valence-electron chi connectivity index (χ3n) is 5.32. The van der Waals surface area contributed by atoms with Crippen LogP contribution in [0, 0.1) is 5.92 Å². The molecule has 4 heteroatoms. The second-order valence-electron chi connectivity index (χ2n) is 6.38. The third-order valence-corrected chi connectivity index (χ3v) is 5.32. The SMILES string of the molecule is CC(CN)(C1CCOC1)N1CCN(C2CC2)CC1. The van der Waals surface area contributed by atoms with Crippen LogP contribution in [0.1, 0.15) is 26.2 Å². The Hall–Kier alpha value is -0.160. The van der Waals surface area contributed by atoms with E-state index in [0.717, 1.165) is 25.8 Å². The highest BCUT2D eigenvalue weighted by Crippen LogP contribution is 2.33. The van der Waals surface area contributed by atoms with Crippen molar-refractivity contribution in [1.82, 2.24) is 9.80 Å². The Morgan fingerprint density at radius 3 is 2.39 bits per heavy atom. The lowest BCUT2D eigenvalue weighted by molar-refractivity contribution is 0.00454. The number of nitrogens with two attached hydrogens (primary N) is 1. The van der Waals surface area contributed by atoms with E-state index < -0.39 is 0 Å². The van der Waals surface area contributed by atoms with Gasteiger partial charge in [0.15, 0.2) is 0 Å². The summed E-state index contributed by atoms with van der Waals surface area (Å²) in [6.45, 7) is 9.74. The van der Waals surface area contributed by atoms with Crippen LogP contribution < -0.4 is 5.73 Å². The van der Waals surface area contributed by atoms with Crippen LogP contribution in [0.3, 0.4) is 0 Å². The van der Waals surface area contributed by atoms with Crippen molar-refractivity contribution in [2.45, 2.75) is 37.8 Å². The van der Waals surface area contributed by atoms with E-state index in [1.54, 1.807) is 0 Å². The normalized spacial score (nSPS) is 34.7. The molecule has 3 rings (SSSR count). The van der Waals surface area contributed by atoms with Gasteiger partial charge >= 0.3 is 0 Å². The molecule has 0 bridgehead atoms. The fourth-order valence-corrected chi connectivity index (χ4v) is 3.62. The second-order valence-corrected chi connectivity index (χ2v) is 6.38. The summed E-state index contributed by atoms with van der Waals surface area (Å²) >= 11 is 0. The van der Waals surface area contributed by atoms with E-state index in [4.69, 9.17) is 10.5 Å². The highest BCUT2D eigenvalue weighted by molar-refractivity contribution is 4.98. The molecule has 0 aromatic carbocycles. The lowest BCUT2D eigenvalue weighted by Crippen LogP contribution is -2.62. The van der Waals surface area contributed by atoms with Crippen LogP contribution in [-0.2, 0) is 4.74 Å². The van der Waals surface area contributed by atoms with E-state index in [1.165, 1.54) is 45.4 Å². The molecular weight excluding hydrogens is 226 g/mol. The number of rotatable bonds is 4. The molecule has 18 heavy (non-hydrogen) atoms. The minimum atomic E-state index is 0.145. The summed E-state index contributed by atoms with van der Waals surface area (Å²) in [6.07, 6.45) is 4.02. The third kappa shape index (κ3) is 2.31.